The highest BCUT2D eigenvalue weighted by atomic mass is 15.1. The quantitative estimate of drug-likeness (QED) is 0.923. The molecule has 20 heavy (non-hydrogen) atoms. The first-order valence-corrected chi connectivity index (χ1v) is 6.61. The highest BCUT2D eigenvalue weighted by molar-refractivity contribution is 5.68. The maximum atomic E-state index is 9.15. The number of benzene rings is 1. The fourth-order valence-electron chi connectivity index (χ4n) is 2.02. The second kappa shape index (κ2) is 6.18. The molecule has 1 aromatic heterocycles. The summed E-state index contributed by atoms with van der Waals surface area (Å²) in [6.07, 6.45) is 2.65. The first-order chi connectivity index (χ1) is 9.67. The summed E-state index contributed by atoms with van der Waals surface area (Å²) < 4.78 is 0. The van der Waals surface area contributed by atoms with Crippen molar-refractivity contribution >= 4 is 11.4 Å². The van der Waals surface area contributed by atoms with E-state index in [-0.39, 0.29) is 6.04 Å². The van der Waals surface area contributed by atoms with Crippen LogP contribution in [-0.4, -0.2) is 12.0 Å². The molecule has 0 unspecified atom stereocenters. The molecule has 0 aliphatic carbocycles. The Labute approximate surface area is 119 Å². The van der Waals surface area contributed by atoms with E-state index < -0.39 is 0 Å². The number of nitrogens with zero attached hydrogens (tertiary/aromatic N) is 3. The summed E-state index contributed by atoms with van der Waals surface area (Å²) in [5.41, 5.74) is 9.28. The summed E-state index contributed by atoms with van der Waals surface area (Å²) in [4.78, 5) is 6.35. The number of aromatic nitrogens is 1. The van der Waals surface area contributed by atoms with Gasteiger partial charge in [-0.3, -0.25) is 4.98 Å². The van der Waals surface area contributed by atoms with Crippen molar-refractivity contribution in [2.24, 2.45) is 5.73 Å². The Morgan fingerprint density at radius 2 is 2.05 bits per heavy atom. The molecule has 4 nitrogen and oxygen atoms in total. The highest BCUT2D eigenvalue weighted by Gasteiger charge is 2.10. The van der Waals surface area contributed by atoms with Crippen LogP contribution in [-0.2, 0) is 0 Å². The number of nitrogens with two attached hydrogens (primary N) is 1. The fourth-order valence-corrected chi connectivity index (χ4v) is 2.02. The lowest BCUT2D eigenvalue weighted by molar-refractivity contribution is 0.675. The minimum absolute atomic E-state index is 0.0271. The van der Waals surface area contributed by atoms with Crippen molar-refractivity contribution in [3.63, 3.8) is 0 Å². The normalized spacial score (nSPS) is 11.7. The predicted molar refractivity (Wildman–Crippen MR) is 80.7 cm³/mol. The zero-order valence-corrected chi connectivity index (χ0v) is 11.7. The molecule has 0 aliphatic heterocycles. The first-order valence-electron chi connectivity index (χ1n) is 6.61. The van der Waals surface area contributed by atoms with Gasteiger partial charge >= 0.3 is 0 Å². The van der Waals surface area contributed by atoms with Gasteiger partial charge in [-0.25, -0.2) is 0 Å². The molecule has 0 saturated carbocycles. The van der Waals surface area contributed by atoms with Crippen LogP contribution in [0.25, 0.3) is 0 Å². The van der Waals surface area contributed by atoms with E-state index in [1.54, 1.807) is 12.3 Å². The molecule has 2 rings (SSSR count). The summed E-state index contributed by atoms with van der Waals surface area (Å²) in [6.45, 7) is 2.04. The van der Waals surface area contributed by atoms with Crippen molar-refractivity contribution in [3.05, 3.63) is 53.9 Å². The Hall–Kier alpha value is -2.38. The number of pyridine rings is 1. The van der Waals surface area contributed by atoms with Crippen molar-refractivity contribution in [2.45, 2.75) is 19.4 Å². The van der Waals surface area contributed by atoms with Crippen LogP contribution in [0.2, 0.25) is 0 Å². The van der Waals surface area contributed by atoms with Gasteiger partial charge in [-0.05, 0) is 30.7 Å². The van der Waals surface area contributed by atoms with E-state index in [1.807, 2.05) is 49.2 Å². The first kappa shape index (κ1) is 14.0. The van der Waals surface area contributed by atoms with E-state index in [4.69, 9.17) is 11.0 Å². The SMILES string of the molecule is CC[C@H](N)c1ccc(N(C)c2ccccc2C#N)cn1. The van der Waals surface area contributed by atoms with Crippen LogP contribution < -0.4 is 10.6 Å². The standard InChI is InChI=1S/C16H18N4/c1-3-14(18)15-9-8-13(11-19-15)20(2)16-7-5-4-6-12(16)10-17/h4-9,11,14H,3,18H2,1-2H3/t14-/m0/s1. The van der Waals surface area contributed by atoms with Crippen LogP contribution in [0.5, 0.6) is 0 Å². The number of hydrogen-bond donors (Lipinski definition) is 1. The lowest BCUT2D eigenvalue weighted by atomic mass is 10.1. The van der Waals surface area contributed by atoms with Gasteiger partial charge in [-0.1, -0.05) is 19.1 Å². The minimum atomic E-state index is -0.0271. The molecule has 2 N–H and O–H groups in total. The molecule has 2 aromatic rings. The van der Waals surface area contributed by atoms with Gasteiger partial charge in [0.2, 0.25) is 0 Å². The average Bonchev–Trinajstić information content (AvgIpc) is 2.53. The number of hydrogen-bond acceptors (Lipinski definition) is 4. The molecule has 1 heterocycles. The van der Waals surface area contributed by atoms with E-state index in [9.17, 15) is 0 Å². The van der Waals surface area contributed by atoms with Crippen molar-refractivity contribution in [3.8, 4) is 6.07 Å². The number of rotatable bonds is 4. The Balaban J connectivity index is 2.30. The lowest BCUT2D eigenvalue weighted by Crippen LogP contribution is -2.13. The van der Waals surface area contributed by atoms with Crippen LogP contribution in [0.4, 0.5) is 11.4 Å². The molecule has 0 radical (unpaired) electrons. The highest BCUT2D eigenvalue weighted by Crippen LogP contribution is 2.26. The lowest BCUT2D eigenvalue weighted by Gasteiger charge is -2.20. The molecule has 4 heteroatoms. The molecule has 0 amide bonds. The van der Waals surface area contributed by atoms with Crippen LogP contribution in [0, 0.1) is 11.3 Å². The second-order valence-electron chi connectivity index (χ2n) is 4.64. The molecular formula is C16H18N4. The Bertz CT molecular complexity index is 613. The van der Waals surface area contributed by atoms with Gasteiger partial charge in [0.05, 0.1) is 28.8 Å². The molecule has 0 spiro atoms. The van der Waals surface area contributed by atoms with Crippen molar-refractivity contribution in [2.75, 3.05) is 11.9 Å². The topological polar surface area (TPSA) is 65.9 Å². The van der Waals surface area contributed by atoms with E-state index >= 15 is 0 Å². The van der Waals surface area contributed by atoms with Crippen molar-refractivity contribution in [1.82, 2.24) is 4.98 Å². The maximum absolute atomic E-state index is 9.15. The summed E-state index contributed by atoms with van der Waals surface area (Å²) in [5, 5.41) is 9.15. The van der Waals surface area contributed by atoms with Crippen LogP contribution in [0.3, 0.4) is 0 Å². The second-order valence-corrected chi connectivity index (χ2v) is 4.64. The van der Waals surface area contributed by atoms with Gasteiger partial charge in [-0.15, -0.1) is 0 Å². The van der Waals surface area contributed by atoms with Gasteiger partial charge in [0, 0.05) is 13.1 Å². The van der Waals surface area contributed by atoms with Crippen LogP contribution >= 0.6 is 0 Å². The molecule has 1 atom stereocenters. The monoisotopic (exact) mass is 266 g/mol. The smallest absolute Gasteiger partial charge is 0.101 e. The summed E-state index contributed by atoms with van der Waals surface area (Å²) in [7, 11) is 1.92. The number of anilines is 2. The molecule has 0 bridgehead atoms. The van der Waals surface area contributed by atoms with Crippen LogP contribution in [0.1, 0.15) is 30.6 Å². The van der Waals surface area contributed by atoms with E-state index in [2.05, 4.69) is 11.1 Å². The Morgan fingerprint density at radius 1 is 1.30 bits per heavy atom. The van der Waals surface area contributed by atoms with E-state index in [1.165, 1.54) is 0 Å². The third-order valence-corrected chi connectivity index (χ3v) is 3.36. The van der Waals surface area contributed by atoms with Crippen molar-refractivity contribution < 1.29 is 0 Å². The van der Waals surface area contributed by atoms with Crippen LogP contribution in [0.15, 0.2) is 42.6 Å². The Morgan fingerprint density at radius 3 is 2.65 bits per heavy atom. The zero-order valence-electron chi connectivity index (χ0n) is 11.7. The summed E-state index contributed by atoms with van der Waals surface area (Å²) >= 11 is 0. The zero-order chi connectivity index (χ0) is 14.5. The summed E-state index contributed by atoms with van der Waals surface area (Å²) in [6, 6.07) is 13.6. The van der Waals surface area contributed by atoms with E-state index in [0.717, 1.165) is 23.5 Å². The van der Waals surface area contributed by atoms with Crippen molar-refractivity contribution in [1.29, 1.82) is 5.26 Å². The van der Waals surface area contributed by atoms with Gasteiger partial charge in [-0.2, -0.15) is 5.26 Å². The van der Waals surface area contributed by atoms with Gasteiger partial charge in [0.25, 0.3) is 0 Å². The average molecular weight is 266 g/mol. The molecule has 0 saturated heterocycles. The molecule has 0 fully saturated rings. The molecule has 0 aliphatic rings. The predicted octanol–water partition coefficient (Wildman–Crippen LogP) is 3.13. The third kappa shape index (κ3) is 2.79. The van der Waals surface area contributed by atoms with Gasteiger partial charge in [0.15, 0.2) is 0 Å². The largest absolute Gasteiger partial charge is 0.342 e. The summed E-state index contributed by atoms with van der Waals surface area (Å²) in [5.74, 6) is 0. The fraction of sp³-hybridized carbons (Fsp3) is 0.250. The Kier molecular flexibility index (Phi) is 4.34. The van der Waals surface area contributed by atoms with E-state index in [0.29, 0.717) is 5.56 Å². The number of para-hydroxylation sites is 1. The molecule has 1 aromatic carbocycles. The molecule has 102 valence electrons. The minimum Gasteiger partial charge on any atom is -0.342 e. The number of nitriles is 1. The third-order valence-electron chi connectivity index (χ3n) is 3.36. The molecular weight excluding hydrogens is 248 g/mol. The maximum Gasteiger partial charge on any atom is 0.101 e. The van der Waals surface area contributed by atoms with Gasteiger partial charge < -0.3 is 10.6 Å². The van der Waals surface area contributed by atoms with Gasteiger partial charge in [0.1, 0.15) is 6.07 Å².